The second-order valence-electron chi connectivity index (χ2n) is 14.4. The summed E-state index contributed by atoms with van der Waals surface area (Å²) in [4.78, 5) is 0. The number of hydrogen-bond donors (Lipinski definition) is 3. The number of aliphatic hydroxyl groups is 2. The van der Waals surface area contributed by atoms with Crippen molar-refractivity contribution in [1.82, 2.24) is 0 Å². The lowest BCUT2D eigenvalue weighted by atomic mass is 9.76. The van der Waals surface area contributed by atoms with Gasteiger partial charge in [0.25, 0.3) is 0 Å². The van der Waals surface area contributed by atoms with Gasteiger partial charge in [-0.25, -0.2) is 0 Å². The molecule has 0 heterocycles. The van der Waals surface area contributed by atoms with Crippen LogP contribution in [-0.2, 0) is 0 Å². The summed E-state index contributed by atoms with van der Waals surface area (Å²) in [6, 6.07) is 0. The molecule has 0 aliphatic heterocycles. The summed E-state index contributed by atoms with van der Waals surface area (Å²) in [5.74, 6) is -2.07. The fourth-order valence-corrected chi connectivity index (χ4v) is 6.62. The minimum absolute atomic E-state index is 0.598. The molecule has 3 heteroatoms. The Morgan fingerprint density at radius 2 is 0.500 bits per heavy atom. The third-order valence-corrected chi connectivity index (χ3v) is 10.1. The summed E-state index contributed by atoms with van der Waals surface area (Å²) in [5, 5.41) is 20.6. The second-order valence-corrected chi connectivity index (χ2v) is 14.4. The molecule has 0 saturated carbocycles. The van der Waals surface area contributed by atoms with Gasteiger partial charge in [0, 0.05) is 5.41 Å². The van der Waals surface area contributed by atoms with Crippen LogP contribution >= 0.6 is 0 Å². The van der Waals surface area contributed by atoms with Crippen LogP contribution in [0.4, 0.5) is 0 Å². The predicted octanol–water partition coefficient (Wildman–Crippen LogP) is 12.9. The van der Waals surface area contributed by atoms with Gasteiger partial charge in [0.05, 0.1) is 0 Å². The summed E-state index contributed by atoms with van der Waals surface area (Å²) in [6.45, 7) is 6.57. The molecule has 0 bridgehead atoms. The first-order valence-electron chi connectivity index (χ1n) is 19.6. The van der Waals surface area contributed by atoms with Crippen LogP contribution in [0.1, 0.15) is 239 Å². The minimum Gasteiger partial charge on any atom is -0.353 e. The lowest BCUT2D eigenvalue weighted by Gasteiger charge is -2.38. The van der Waals surface area contributed by atoms with Crippen LogP contribution in [0, 0.1) is 5.41 Å². The normalized spacial score (nSPS) is 12.4. The fraction of sp³-hybridized carbons (Fsp3) is 1.00. The monoisotopic (exact) mass is 596 g/mol. The summed E-state index contributed by atoms with van der Waals surface area (Å²) < 4.78 is 0. The number of hydrogen-bond acceptors (Lipinski definition) is 3. The van der Waals surface area contributed by atoms with Gasteiger partial charge in [0.2, 0.25) is 5.91 Å². The molecule has 4 N–H and O–H groups in total. The summed E-state index contributed by atoms with van der Waals surface area (Å²) in [7, 11) is 0. The van der Waals surface area contributed by atoms with E-state index in [1.807, 2.05) is 6.92 Å². The van der Waals surface area contributed by atoms with Crippen LogP contribution in [0.3, 0.4) is 0 Å². The molecule has 0 spiro atoms. The third-order valence-electron chi connectivity index (χ3n) is 10.1. The molecule has 0 aromatic heterocycles. The zero-order chi connectivity index (χ0) is 31.0. The highest BCUT2D eigenvalue weighted by molar-refractivity contribution is 4.84. The molecule has 0 unspecified atom stereocenters. The van der Waals surface area contributed by atoms with E-state index in [4.69, 9.17) is 5.73 Å². The second kappa shape index (κ2) is 30.9. The molecular formula is C39H81NO2. The van der Waals surface area contributed by atoms with E-state index < -0.39 is 11.3 Å². The Bertz CT molecular complexity index is 479. The van der Waals surface area contributed by atoms with E-state index in [1.54, 1.807) is 0 Å². The van der Waals surface area contributed by atoms with Gasteiger partial charge in [-0.1, -0.05) is 226 Å². The molecule has 0 aromatic carbocycles. The van der Waals surface area contributed by atoms with Crippen LogP contribution in [0.5, 0.6) is 0 Å². The zero-order valence-corrected chi connectivity index (χ0v) is 29.5. The minimum atomic E-state index is -2.07. The summed E-state index contributed by atoms with van der Waals surface area (Å²) in [5.41, 5.74) is 5.26. The molecule has 0 atom stereocenters. The van der Waals surface area contributed by atoms with Crippen molar-refractivity contribution >= 4 is 0 Å². The molecule has 0 amide bonds. The predicted molar refractivity (Wildman–Crippen MR) is 188 cm³/mol. The smallest absolute Gasteiger partial charge is 0.225 e. The van der Waals surface area contributed by atoms with Crippen molar-refractivity contribution in [3.8, 4) is 0 Å². The molecule has 254 valence electrons. The molecule has 0 aromatic rings. The zero-order valence-electron chi connectivity index (χ0n) is 29.5. The maximum Gasteiger partial charge on any atom is 0.225 e. The maximum absolute atomic E-state index is 10.3. The fourth-order valence-electron chi connectivity index (χ4n) is 6.62. The SMILES string of the molecule is CCCCCCCCCCCCCCCCCCC(C)(CCCCCCCCCCCCCCCCCC)C(N)(O)O. The van der Waals surface area contributed by atoms with Crippen LogP contribution in [0.25, 0.3) is 0 Å². The van der Waals surface area contributed by atoms with Crippen molar-refractivity contribution in [3.05, 3.63) is 0 Å². The Kier molecular flexibility index (Phi) is 30.8. The first-order valence-corrected chi connectivity index (χ1v) is 19.6. The molecule has 42 heavy (non-hydrogen) atoms. The maximum atomic E-state index is 10.3. The van der Waals surface area contributed by atoms with Gasteiger partial charge < -0.3 is 10.2 Å². The van der Waals surface area contributed by atoms with Gasteiger partial charge in [-0.05, 0) is 12.8 Å². The highest BCUT2D eigenvalue weighted by atomic mass is 16.5. The molecule has 0 rings (SSSR count). The molecule has 0 aliphatic carbocycles. The highest BCUT2D eigenvalue weighted by Crippen LogP contribution is 2.37. The Morgan fingerprint density at radius 3 is 0.667 bits per heavy atom. The van der Waals surface area contributed by atoms with Gasteiger partial charge in [-0.2, -0.15) is 0 Å². The molecule has 3 nitrogen and oxygen atoms in total. The molecule has 0 aliphatic rings. The van der Waals surface area contributed by atoms with Gasteiger partial charge >= 0.3 is 0 Å². The lowest BCUT2D eigenvalue weighted by Crippen LogP contribution is -2.54. The summed E-state index contributed by atoms with van der Waals surface area (Å²) >= 11 is 0. The summed E-state index contributed by atoms with van der Waals surface area (Å²) in [6.07, 6.45) is 45.1. The third kappa shape index (κ3) is 27.4. The number of nitrogens with two attached hydrogens (primary N) is 1. The average molecular weight is 596 g/mol. The van der Waals surface area contributed by atoms with Crippen molar-refractivity contribution in [3.63, 3.8) is 0 Å². The van der Waals surface area contributed by atoms with E-state index in [9.17, 15) is 10.2 Å². The standard InChI is InChI=1S/C39H81NO2/c1-4-6-8-10-12-14-16-18-20-22-24-26-28-30-32-34-36-38(3,39(40,41)42)37-35-33-31-29-27-25-23-21-19-17-15-13-11-9-7-5-2/h41-42H,4-37,40H2,1-3H3. The van der Waals surface area contributed by atoms with Crippen LogP contribution < -0.4 is 5.73 Å². The van der Waals surface area contributed by atoms with Crippen molar-refractivity contribution < 1.29 is 10.2 Å². The van der Waals surface area contributed by atoms with E-state index in [0.29, 0.717) is 0 Å². The first-order chi connectivity index (χ1) is 20.4. The van der Waals surface area contributed by atoms with Gasteiger partial charge in [0.1, 0.15) is 0 Å². The van der Waals surface area contributed by atoms with Crippen molar-refractivity contribution in [2.45, 2.75) is 245 Å². The topological polar surface area (TPSA) is 66.5 Å². The van der Waals surface area contributed by atoms with Crippen LogP contribution in [0.15, 0.2) is 0 Å². The number of rotatable bonds is 35. The molecule has 0 saturated heterocycles. The van der Waals surface area contributed by atoms with Gasteiger partial charge in [-0.3, -0.25) is 5.73 Å². The highest BCUT2D eigenvalue weighted by Gasteiger charge is 2.41. The Balaban J connectivity index is 3.63. The molecule has 0 radical (unpaired) electrons. The molecular weight excluding hydrogens is 514 g/mol. The van der Waals surface area contributed by atoms with Crippen molar-refractivity contribution in [1.29, 1.82) is 0 Å². The Hall–Kier alpha value is -0.120. The van der Waals surface area contributed by atoms with Gasteiger partial charge in [-0.15, -0.1) is 0 Å². The van der Waals surface area contributed by atoms with Crippen LogP contribution in [0.2, 0.25) is 0 Å². The van der Waals surface area contributed by atoms with E-state index >= 15 is 0 Å². The quantitative estimate of drug-likeness (QED) is 0.0504. The van der Waals surface area contributed by atoms with Gasteiger partial charge in [0.15, 0.2) is 0 Å². The molecule has 0 fully saturated rings. The first kappa shape index (κ1) is 41.9. The average Bonchev–Trinajstić information content (AvgIpc) is 2.96. The van der Waals surface area contributed by atoms with Crippen LogP contribution in [-0.4, -0.2) is 16.1 Å². The van der Waals surface area contributed by atoms with Crippen molar-refractivity contribution in [2.75, 3.05) is 0 Å². The van der Waals surface area contributed by atoms with E-state index in [0.717, 1.165) is 25.7 Å². The Labute approximate surface area is 266 Å². The lowest BCUT2D eigenvalue weighted by molar-refractivity contribution is -0.239. The van der Waals surface area contributed by atoms with E-state index in [2.05, 4.69) is 13.8 Å². The van der Waals surface area contributed by atoms with E-state index in [1.165, 1.54) is 193 Å². The van der Waals surface area contributed by atoms with E-state index in [-0.39, 0.29) is 0 Å². The largest absolute Gasteiger partial charge is 0.353 e. The number of unbranched alkanes of at least 4 members (excludes halogenated alkanes) is 30. The van der Waals surface area contributed by atoms with Crippen molar-refractivity contribution in [2.24, 2.45) is 11.1 Å². The Morgan fingerprint density at radius 1 is 0.333 bits per heavy atom.